The van der Waals surface area contributed by atoms with E-state index in [0.717, 1.165) is 6.42 Å². The fourth-order valence-corrected chi connectivity index (χ4v) is 2.82. The van der Waals surface area contributed by atoms with Crippen LogP contribution in [0.2, 0.25) is 0 Å². The smallest absolute Gasteiger partial charge is 0.236 e. The van der Waals surface area contributed by atoms with Crippen LogP contribution in [0, 0.1) is 17.8 Å². The topological polar surface area (TPSA) is 63.2 Å². The number of carbonyl (C=O) groups excluding carboxylic acids is 1. The third-order valence-electron chi connectivity index (χ3n) is 2.26. The first-order valence-corrected chi connectivity index (χ1v) is 6.51. The van der Waals surface area contributed by atoms with Crippen LogP contribution in [0.5, 0.6) is 0 Å². The van der Waals surface area contributed by atoms with E-state index in [-0.39, 0.29) is 23.5 Å². The molecule has 5 heteroatoms. The first-order valence-electron chi connectivity index (χ1n) is 4.86. The van der Waals surface area contributed by atoms with Crippen LogP contribution < -0.4 is 4.72 Å². The zero-order chi connectivity index (χ0) is 10.9. The number of rotatable bonds is 4. The van der Waals surface area contributed by atoms with Crippen LogP contribution in [0.4, 0.5) is 0 Å². The molecule has 0 aromatic rings. The number of hydrogen-bond acceptors (Lipinski definition) is 3. The van der Waals surface area contributed by atoms with Gasteiger partial charge < -0.3 is 0 Å². The molecule has 0 heterocycles. The van der Waals surface area contributed by atoms with Gasteiger partial charge in [-0.3, -0.25) is 9.52 Å². The molecule has 0 spiro atoms. The molecule has 0 aromatic carbocycles. The molecule has 1 fully saturated rings. The third-order valence-corrected chi connectivity index (χ3v) is 3.87. The van der Waals surface area contributed by atoms with Crippen LogP contribution in [0.3, 0.4) is 0 Å². The molecule has 0 radical (unpaired) electrons. The fourth-order valence-electron chi connectivity index (χ4n) is 1.40. The minimum absolute atomic E-state index is 0.0137. The van der Waals surface area contributed by atoms with Crippen LogP contribution >= 0.6 is 0 Å². The molecule has 1 amide bonds. The van der Waals surface area contributed by atoms with Gasteiger partial charge in [-0.2, -0.15) is 0 Å². The van der Waals surface area contributed by atoms with Gasteiger partial charge >= 0.3 is 0 Å². The van der Waals surface area contributed by atoms with Crippen LogP contribution in [0.1, 0.15) is 27.2 Å². The van der Waals surface area contributed by atoms with E-state index in [0.29, 0.717) is 5.92 Å². The molecule has 1 saturated carbocycles. The lowest BCUT2D eigenvalue weighted by Gasteiger charge is -2.07. The Bertz CT molecular complexity index is 321. The summed E-state index contributed by atoms with van der Waals surface area (Å²) in [6.45, 7) is 5.56. The second kappa shape index (κ2) is 3.88. The summed E-state index contributed by atoms with van der Waals surface area (Å²) in [7, 11) is -3.41. The van der Waals surface area contributed by atoms with E-state index < -0.39 is 10.0 Å². The zero-order valence-corrected chi connectivity index (χ0v) is 9.60. The summed E-state index contributed by atoms with van der Waals surface area (Å²) in [5, 5.41) is 0. The maximum Gasteiger partial charge on any atom is 0.236 e. The van der Waals surface area contributed by atoms with Gasteiger partial charge in [0.1, 0.15) is 0 Å². The Labute approximate surface area is 85.1 Å². The lowest BCUT2D eigenvalue weighted by atomic mass is 10.3. The highest BCUT2D eigenvalue weighted by Gasteiger charge is 2.40. The van der Waals surface area contributed by atoms with Gasteiger partial charge in [-0.25, -0.2) is 8.42 Å². The molecule has 1 N–H and O–H groups in total. The second-order valence-electron chi connectivity index (χ2n) is 4.46. The molecular formula is C9H17NO3S. The summed E-state index contributed by atoms with van der Waals surface area (Å²) < 4.78 is 24.8. The molecule has 82 valence electrons. The van der Waals surface area contributed by atoms with Crippen molar-refractivity contribution in [1.29, 1.82) is 0 Å². The molecule has 0 aromatic heterocycles. The van der Waals surface area contributed by atoms with E-state index >= 15 is 0 Å². The highest BCUT2D eigenvalue weighted by molar-refractivity contribution is 7.90. The van der Waals surface area contributed by atoms with Gasteiger partial charge in [-0.15, -0.1) is 0 Å². The quantitative estimate of drug-likeness (QED) is 0.758. The van der Waals surface area contributed by atoms with E-state index in [4.69, 9.17) is 0 Å². The molecule has 1 rings (SSSR count). The Morgan fingerprint density at radius 3 is 2.36 bits per heavy atom. The Hall–Kier alpha value is -0.580. The average molecular weight is 219 g/mol. The van der Waals surface area contributed by atoms with E-state index in [2.05, 4.69) is 4.72 Å². The van der Waals surface area contributed by atoms with Crippen molar-refractivity contribution in [2.45, 2.75) is 27.2 Å². The maximum atomic E-state index is 11.4. The summed E-state index contributed by atoms with van der Waals surface area (Å²) in [5.41, 5.74) is 0. The SMILES string of the molecule is CC(C)CS(=O)(=O)NC(=O)[C@H]1C[C@H]1C. The zero-order valence-electron chi connectivity index (χ0n) is 8.78. The average Bonchev–Trinajstić information content (AvgIpc) is 2.61. The minimum atomic E-state index is -3.41. The Kier molecular flexibility index (Phi) is 3.19. The molecule has 0 saturated heterocycles. The van der Waals surface area contributed by atoms with Crippen molar-refractivity contribution < 1.29 is 13.2 Å². The molecular weight excluding hydrogens is 202 g/mol. The van der Waals surface area contributed by atoms with Crippen molar-refractivity contribution in [1.82, 2.24) is 4.72 Å². The lowest BCUT2D eigenvalue weighted by molar-refractivity contribution is -0.120. The second-order valence-corrected chi connectivity index (χ2v) is 6.23. The summed E-state index contributed by atoms with van der Waals surface area (Å²) in [6.07, 6.45) is 0.809. The van der Waals surface area contributed by atoms with E-state index in [1.54, 1.807) is 0 Å². The third kappa shape index (κ3) is 3.29. The van der Waals surface area contributed by atoms with Crippen molar-refractivity contribution in [3.63, 3.8) is 0 Å². The van der Waals surface area contributed by atoms with Crippen LogP contribution in [0.25, 0.3) is 0 Å². The van der Waals surface area contributed by atoms with E-state index in [1.807, 2.05) is 20.8 Å². The Morgan fingerprint density at radius 1 is 1.50 bits per heavy atom. The molecule has 0 aliphatic heterocycles. The predicted octanol–water partition coefficient (Wildman–Crippen LogP) is 0.744. The number of hydrogen-bond donors (Lipinski definition) is 1. The molecule has 0 bridgehead atoms. The molecule has 2 atom stereocenters. The summed E-state index contributed by atoms with van der Waals surface area (Å²) in [4.78, 5) is 11.3. The summed E-state index contributed by atoms with van der Waals surface area (Å²) in [6, 6.07) is 0. The number of nitrogens with one attached hydrogen (secondary N) is 1. The number of amides is 1. The van der Waals surface area contributed by atoms with Gasteiger partial charge in [-0.05, 0) is 18.3 Å². The first kappa shape index (κ1) is 11.5. The normalized spacial score (nSPS) is 26.3. The predicted molar refractivity (Wildman–Crippen MR) is 54.0 cm³/mol. The van der Waals surface area contributed by atoms with Gasteiger partial charge in [0.25, 0.3) is 0 Å². The fraction of sp³-hybridized carbons (Fsp3) is 0.889. The molecule has 14 heavy (non-hydrogen) atoms. The van der Waals surface area contributed by atoms with Crippen molar-refractivity contribution in [2.24, 2.45) is 17.8 Å². The highest BCUT2D eigenvalue weighted by Crippen LogP contribution is 2.37. The van der Waals surface area contributed by atoms with Gasteiger partial charge in [0, 0.05) is 5.92 Å². The van der Waals surface area contributed by atoms with Gasteiger partial charge in [0.15, 0.2) is 0 Å². The molecule has 1 aliphatic rings. The van der Waals surface area contributed by atoms with Crippen LogP contribution in [0.15, 0.2) is 0 Å². The van der Waals surface area contributed by atoms with E-state index in [9.17, 15) is 13.2 Å². The minimum Gasteiger partial charge on any atom is -0.274 e. The van der Waals surface area contributed by atoms with Crippen molar-refractivity contribution >= 4 is 15.9 Å². The lowest BCUT2D eigenvalue weighted by Crippen LogP contribution is -2.35. The monoisotopic (exact) mass is 219 g/mol. The number of sulfonamides is 1. The van der Waals surface area contributed by atoms with Crippen molar-refractivity contribution in [2.75, 3.05) is 5.75 Å². The van der Waals surface area contributed by atoms with Gasteiger partial charge in [0.2, 0.25) is 15.9 Å². The summed E-state index contributed by atoms with van der Waals surface area (Å²) >= 11 is 0. The molecule has 1 aliphatic carbocycles. The standard InChI is InChI=1S/C9H17NO3S/c1-6(2)5-14(12,13)10-9(11)8-4-7(8)3/h6-8H,4-5H2,1-3H3,(H,10,11)/t7-,8+/m1/s1. The van der Waals surface area contributed by atoms with Gasteiger partial charge in [0.05, 0.1) is 5.75 Å². The first-order chi connectivity index (χ1) is 6.32. The largest absolute Gasteiger partial charge is 0.274 e. The number of carbonyl (C=O) groups is 1. The van der Waals surface area contributed by atoms with Crippen LogP contribution in [-0.2, 0) is 14.8 Å². The van der Waals surface area contributed by atoms with Crippen molar-refractivity contribution in [3.8, 4) is 0 Å². The maximum absolute atomic E-state index is 11.4. The van der Waals surface area contributed by atoms with Crippen molar-refractivity contribution in [3.05, 3.63) is 0 Å². The molecule has 0 unspecified atom stereocenters. The molecule has 4 nitrogen and oxygen atoms in total. The van der Waals surface area contributed by atoms with E-state index in [1.165, 1.54) is 0 Å². The Balaban J connectivity index is 2.47. The summed E-state index contributed by atoms with van der Waals surface area (Å²) in [5.74, 6) is -0.0314. The Morgan fingerprint density at radius 2 is 2.00 bits per heavy atom. The van der Waals surface area contributed by atoms with Gasteiger partial charge in [-0.1, -0.05) is 20.8 Å². The van der Waals surface area contributed by atoms with Crippen LogP contribution in [-0.4, -0.2) is 20.1 Å². The highest BCUT2D eigenvalue weighted by atomic mass is 32.2.